The molecule has 3 fully saturated rings. The van der Waals surface area contributed by atoms with Gasteiger partial charge in [-0.2, -0.15) is 0 Å². The topological polar surface area (TPSA) is 15.7 Å². The number of rotatable bonds is 1. The van der Waals surface area contributed by atoms with Gasteiger partial charge in [0.05, 0.1) is 0 Å². The first-order valence-electron chi connectivity index (χ1n) is 7.33. The van der Waals surface area contributed by atoms with E-state index in [-0.39, 0.29) is 0 Å². The molecule has 3 heteroatoms. The summed E-state index contributed by atoms with van der Waals surface area (Å²) in [4.78, 5) is 5.27. The number of likely N-dealkylation sites (N-methyl/N-ethyl adjacent to an activating group) is 1. The first-order valence-corrected chi connectivity index (χ1v) is 7.33. The SMILES string of the molecule is CC.CN1CC2(CCCN2C2CCOCC2)C1. The van der Waals surface area contributed by atoms with Gasteiger partial charge in [-0.05, 0) is 39.3 Å². The van der Waals surface area contributed by atoms with E-state index in [9.17, 15) is 0 Å². The molecule has 3 heterocycles. The average molecular weight is 240 g/mol. The lowest BCUT2D eigenvalue weighted by Gasteiger charge is -2.54. The number of nitrogens with zero attached hydrogens (tertiary/aromatic N) is 2. The standard InChI is InChI=1S/C12H22N2O.C2H6/c1-13-9-12(10-13)5-2-6-14(12)11-3-7-15-8-4-11;1-2/h11H,2-10H2,1H3;1-2H3. The predicted octanol–water partition coefficient (Wildman–Crippen LogP) is 1.97. The molecular weight excluding hydrogens is 212 g/mol. The lowest BCUT2D eigenvalue weighted by molar-refractivity contribution is -0.0628. The number of hydrogen-bond acceptors (Lipinski definition) is 3. The van der Waals surface area contributed by atoms with Crippen LogP contribution in [-0.4, -0.2) is 61.3 Å². The van der Waals surface area contributed by atoms with Crippen LogP contribution in [0.3, 0.4) is 0 Å². The second-order valence-electron chi connectivity index (χ2n) is 5.54. The van der Waals surface area contributed by atoms with Crippen LogP contribution in [0.1, 0.15) is 39.5 Å². The van der Waals surface area contributed by atoms with E-state index < -0.39 is 0 Å². The smallest absolute Gasteiger partial charge is 0.0480 e. The maximum Gasteiger partial charge on any atom is 0.0480 e. The third-order valence-electron chi connectivity index (χ3n) is 4.41. The van der Waals surface area contributed by atoms with Gasteiger partial charge in [0.25, 0.3) is 0 Å². The van der Waals surface area contributed by atoms with Gasteiger partial charge in [-0.1, -0.05) is 13.8 Å². The Hall–Kier alpha value is -0.120. The molecule has 17 heavy (non-hydrogen) atoms. The fourth-order valence-corrected chi connectivity index (χ4v) is 3.82. The van der Waals surface area contributed by atoms with Gasteiger partial charge >= 0.3 is 0 Å². The van der Waals surface area contributed by atoms with Gasteiger partial charge in [0, 0.05) is 37.9 Å². The Kier molecular flexibility index (Phi) is 4.45. The van der Waals surface area contributed by atoms with Gasteiger partial charge in [0.2, 0.25) is 0 Å². The summed E-state index contributed by atoms with van der Waals surface area (Å²) in [5, 5.41) is 0. The van der Waals surface area contributed by atoms with Crippen LogP contribution < -0.4 is 0 Å². The summed E-state index contributed by atoms with van der Waals surface area (Å²) in [5.41, 5.74) is 0.566. The molecule has 0 saturated carbocycles. The van der Waals surface area contributed by atoms with Gasteiger partial charge in [-0.3, -0.25) is 4.90 Å². The molecule has 0 atom stereocenters. The third-order valence-corrected chi connectivity index (χ3v) is 4.41. The summed E-state index contributed by atoms with van der Waals surface area (Å²) in [5.74, 6) is 0. The second kappa shape index (κ2) is 5.68. The molecule has 0 aromatic heterocycles. The molecule has 0 bridgehead atoms. The molecule has 3 saturated heterocycles. The average Bonchev–Trinajstić information content (AvgIpc) is 2.77. The Morgan fingerprint density at radius 2 is 1.76 bits per heavy atom. The zero-order chi connectivity index (χ0) is 12.3. The molecule has 0 aliphatic carbocycles. The van der Waals surface area contributed by atoms with Gasteiger partial charge in [-0.25, -0.2) is 0 Å². The molecule has 1 spiro atoms. The minimum Gasteiger partial charge on any atom is -0.381 e. The van der Waals surface area contributed by atoms with Crippen molar-refractivity contribution in [2.45, 2.75) is 51.1 Å². The quantitative estimate of drug-likeness (QED) is 0.697. The molecule has 3 rings (SSSR count). The fourth-order valence-electron chi connectivity index (χ4n) is 3.82. The van der Waals surface area contributed by atoms with Crippen LogP contribution in [0.25, 0.3) is 0 Å². The van der Waals surface area contributed by atoms with Gasteiger partial charge in [-0.15, -0.1) is 0 Å². The molecule has 0 amide bonds. The van der Waals surface area contributed by atoms with Crippen LogP contribution >= 0.6 is 0 Å². The van der Waals surface area contributed by atoms with Crippen LogP contribution in [0.2, 0.25) is 0 Å². The zero-order valence-electron chi connectivity index (χ0n) is 11.7. The van der Waals surface area contributed by atoms with Crippen molar-refractivity contribution in [3.63, 3.8) is 0 Å². The Labute approximate surface area is 106 Å². The molecule has 0 unspecified atom stereocenters. The van der Waals surface area contributed by atoms with E-state index in [0.29, 0.717) is 5.54 Å². The van der Waals surface area contributed by atoms with Crippen molar-refractivity contribution in [2.75, 3.05) is 39.9 Å². The van der Waals surface area contributed by atoms with Crippen molar-refractivity contribution < 1.29 is 4.74 Å². The van der Waals surface area contributed by atoms with Crippen LogP contribution in [0.5, 0.6) is 0 Å². The Morgan fingerprint density at radius 3 is 2.35 bits per heavy atom. The van der Waals surface area contributed by atoms with Crippen molar-refractivity contribution in [1.82, 2.24) is 9.80 Å². The number of ether oxygens (including phenoxy) is 1. The van der Waals surface area contributed by atoms with Crippen LogP contribution in [-0.2, 0) is 4.74 Å². The minimum absolute atomic E-state index is 0.566. The van der Waals surface area contributed by atoms with E-state index in [1.165, 1.54) is 45.3 Å². The van der Waals surface area contributed by atoms with Crippen LogP contribution in [0.4, 0.5) is 0 Å². The summed E-state index contributed by atoms with van der Waals surface area (Å²) < 4.78 is 5.46. The summed E-state index contributed by atoms with van der Waals surface area (Å²) in [7, 11) is 2.24. The summed E-state index contributed by atoms with van der Waals surface area (Å²) in [6.07, 6.45) is 5.34. The summed E-state index contributed by atoms with van der Waals surface area (Å²) >= 11 is 0. The minimum atomic E-state index is 0.566. The molecule has 3 aliphatic rings. The highest BCUT2D eigenvalue weighted by Crippen LogP contribution is 2.39. The Bertz CT molecular complexity index is 232. The largest absolute Gasteiger partial charge is 0.381 e. The third kappa shape index (κ3) is 2.51. The van der Waals surface area contributed by atoms with Gasteiger partial charge < -0.3 is 9.64 Å². The molecule has 0 N–H and O–H groups in total. The fraction of sp³-hybridized carbons (Fsp3) is 1.00. The lowest BCUT2D eigenvalue weighted by atomic mass is 9.86. The normalized spacial score (nSPS) is 29.8. The van der Waals surface area contributed by atoms with E-state index in [1.807, 2.05) is 13.8 Å². The van der Waals surface area contributed by atoms with E-state index in [0.717, 1.165) is 19.3 Å². The molecule has 0 aromatic rings. The molecule has 3 nitrogen and oxygen atoms in total. The van der Waals surface area contributed by atoms with E-state index in [4.69, 9.17) is 4.74 Å². The molecule has 3 aliphatic heterocycles. The lowest BCUT2D eigenvalue weighted by Crippen LogP contribution is -2.68. The van der Waals surface area contributed by atoms with Crippen molar-refractivity contribution in [2.24, 2.45) is 0 Å². The maximum atomic E-state index is 5.46. The first kappa shape index (κ1) is 13.3. The Balaban J connectivity index is 0.000000514. The summed E-state index contributed by atoms with van der Waals surface area (Å²) in [6.45, 7) is 9.88. The summed E-state index contributed by atoms with van der Waals surface area (Å²) in [6, 6.07) is 0.815. The van der Waals surface area contributed by atoms with Crippen LogP contribution in [0.15, 0.2) is 0 Å². The van der Waals surface area contributed by atoms with Gasteiger partial charge in [0.1, 0.15) is 0 Å². The maximum absolute atomic E-state index is 5.46. The van der Waals surface area contributed by atoms with Crippen molar-refractivity contribution in [3.05, 3.63) is 0 Å². The monoisotopic (exact) mass is 240 g/mol. The molecular formula is C14H28N2O. The number of likely N-dealkylation sites (tertiary alicyclic amines) is 2. The highest BCUT2D eigenvalue weighted by Gasteiger charge is 2.50. The zero-order valence-corrected chi connectivity index (χ0v) is 11.7. The van der Waals surface area contributed by atoms with Gasteiger partial charge in [0.15, 0.2) is 0 Å². The molecule has 0 radical (unpaired) electrons. The second-order valence-corrected chi connectivity index (χ2v) is 5.54. The highest BCUT2D eigenvalue weighted by atomic mass is 16.5. The van der Waals surface area contributed by atoms with E-state index in [2.05, 4.69) is 16.8 Å². The Morgan fingerprint density at radius 1 is 1.12 bits per heavy atom. The van der Waals surface area contributed by atoms with E-state index >= 15 is 0 Å². The first-order chi connectivity index (χ1) is 8.30. The molecule has 100 valence electrons. The highest BCUT2D eigenvalue weighted by molar-refractivity contribution is 5.08. The van der Waals surface area contributed by atoms with Crippen molar-refractivity contribution in [3.8, 4) is 0 Å². The predicted molar refractivity (Wildman–Crippen MR) is 71.4 cm³/mol. The van der Waals surface area contributed by atoms with Crippen molar-refractivity contribution in [1.29, 1.82) is 0 Å². The van der Waals surface area contributed by atoms with E-state index in [1.54, 1.807) is 0 Å². The van der Waals surface area contributed by atoms with Crippen molar-refractivity contribution >= 4 is 0 Å². The van der Waals surface area contributed by atoms with Crippen LogP contribution in [0, 0.1) is 0 Å². The number of hydrogen-bond donors (Lipinski definition) is 0. The molecule has 0 aromatic carbocycles.